The monoisotopic (exact) mass is 336 g/mol. The third-order valence-corrected chi connectivity index (χ3v) is 5.05. The van der Waals surface area contributed by atoms with Crippen LogP contribution in [0.5, 0.6) is 0 Å². The summed E-state index contributed by atoms with van der Waals surface area (Å²) in [6.07, 6.45) is 2.31. The molecule has 0 aliphatic carbocycles. The topological polar surface area (TPSA) is 61.8 Å². The number of hydrogen-bond donors (Lipinski definition) is 2. The lowest BCUT2D eigenvalue weighted by atomic mass is 9.89. The fourth-order valence-corrected chi connectivity index (χ4v) is 3.73. The van der Waals surface area contributed by atoms with Crippen molar-refractivity contribution in [1.82, 2.24) is 10.2 Å². The molecule has 2 aliphatic heterocycles. The molecule has 0 bridgehead atoms. The zero-order valence-corrected chi connectivity index (χ0v) is 13.8. The molecule has 5 nitrogen and oxygen atoms in total. The molecule has 0 radical (unpaired) electrons. The van der Waals surface area contributed by atoms with Crippen LogP contribution in [-0.2, 0) is 16.1 Å². The van der Waals surface area contributed by atoms with Gasteiger partial charge in [0.05, 0.1) is 19.3 Å². The van der Waals surface area contributed by atoms with Gasteiger partial charge in [0.15, 0.2) is 0 Å². The highest BCUT2D eigenvalue weighted by atomic mass is 19.1. The number of aliphatic hydroxyl groups excluding tert-OH is 1. The molecule has 3 atom stereocenters. The second-order valence-electron chi connectivity index (χ2n) is 6.64. The highest BCUT2D eigenvalue weighted by Crippen LogP contribution is 2.29. The Kier molecular flexibility index (Phi) is 5.81. The van der Waals surface area contributed by atoms with Crippen LogP contribution >= 0.6 is 0 Å². The summed E-state index contributed by atoms with van der Waals surface area (Å²) < 4.78 is 19.1. The number of carbonyl (C=O) groups is 1. The van der Waals surface area contributed by atoms with Gasteiger partial charge < -0.3 is 15.2 Å². The maximum Gasteiger partial charge on any atom is 0.234 e. The molecule has 132 valence electrons. The largest absolute Gasteiger partial charge is 0.393 e. The average Bonchev–Trinajstić information content (AvgIpc) is 3.02. The molecule has 1 aromatic rings. The third-order valence-electron chi connectivity index (χ3n) is 5.05. The van der Waals surface area contributed by atoms with Gasteiger partial charge in [-0.25, -0.2) is 4.39 Å². The first-order chi connectivity index (χ1) is 11.6. The molecule has 2 heterocycles. The number of nitrogens with zero attached hydrogens (tertiary/aromatic N) is 1. The van der Waals surface area contributed by atoms with Crippen molar-refractivity contribution in [3.63, 3.8) is 0 Å². The summed E-state index contributed by atoms with van der Waals surface area (Å²) in [5, 5.41) is 13.0. The van der Waals surface area contributed by atoms with Crippen LogP contribution in [0.25, 0.3) is 0 Å². The molecule has 24 heavy (non-hydrogen) atoms. The van der Waals surface area contributed by atoms with Crippen LogP contribution in [0.3, 0.4) is 0 Å². The van der Waals surface area contributed by atoms with E-state index in [1.807, 2.05) is 0 Å². The predicted molar refractivity (Wildman–Crippen MR) is 87.8 cm³/mol. The van der Waals surface area contributed by atoms with Crippen molar-refractivity contribution in [1.29, 1.82) is 0 Å². The van der Waals surface area contributed by atoms with Crippen LogP contribution in [0.1, 0.15) is 24.8 Å². The van der Waals surface area contributed by atoms with Gasteiger partial charge in [0, 0.05) is 30.7 Å². The fourth-order valence-electron chi connectivity index (χ4n) is 3.73. The molecule has 1 amide bonds. The number of carbonyl (C=O) groups excluding carboxylic acids is 1. The maximum absolute atomic E-state index is 13.6. The van der Waals surface area contributed by atoms with Crippen LogP contribution in [0.4, 0.5) is 4.39 Å². The molecule has 2 aliphatic rings. The molecular formula is C18H25FN2O3. The zero-order valence-electron chi connectivity index (χ0n) is 13.8. The molecule has 1 aromatic carbocycles. The summed E-state index contributed by atoms with van der Waals surface area (Å²) in [4.78, 5) is 14.3. The van der Waals surface area contributed by atoms with E-state index in [2.05, 4.69) is 10.2 Å². The Balaban J connectivity index is 1.52. The Labute approximate surface area is 141 Å². The first-order valence-electron chi connectivity index (χ1n) is 8.65. The summed E-state index contributed by atoms with van der Waals surface area (Å²) in [7, 11) is 0. The van der Waals surface area contributed by atoms with Crippen molar-refractivity contribution in [3.8, 4) is 0 Å². The van der Waals surface area contributed by atoms with Gasteiger partial charge in [0.25, 0.3) is 0 Å². The van der Waals surface area contributed by atoms with E-state index in [0.29, 0.717) is 25.2 Å². The number of rotatable bonds is 5. The molecule has 2 fully saturated rings. The number of halogens is 1. The number of ether oxygens (including phenoxy) is 1. The molecule has 3 rings (SSSR count). The second-order valence-corrected chi connectivity index (χ2v) is 6.64. The zero-order chi connectivity index (χ0) is 16.9. The van der Waals surface area contributed by atoms with Gasteiger partial charge in [-0.3, -0.25) is 9.69 Å². The quantitative estimate of drug-likeness (QED) is 0.851. The van der Waals surface area contributed by atoms with Gasteiger partial charge in [-0.05, 0) is 31.9 Å². The standard InChI is InChI=1S/C18H25FN2O3/c19-15-5-2-1-4-13(15)10-20-18(23)11-21-8-3-6-16(21)14-12-24-9-7-17(14)22/h1-2,4-5,14,16-17,22H,3,6-12H2,(H,20,23). The lowest BCUT2D eigenvalue weighted by Crippen LogP contribution is -2.48. The Morgan fingerprint density at radius 3 is 3.00 bits per heavy atom. The molecule has 6 heteroatoms. The minimum absolute atomic E-state index is 0.0700. The maximum atomic E-state index is 13.6. The Morgan fingerprint density at radius 1 is 1.38 bits per heavy atom. The fraction of sp³-hybridized carbons (Fsp3) is 0.611. The predicted octanol–water partition coefficient (Wildman–Crippen LogP) is 1.30. The highest BCUT2D eigenvalue weighted by molar-refractivity contribution is 5.78. The van der Waals surface area contributed by atoms with E-state index < -0.39 is 0 Å². The Hall–Kier alpha value is -1.50. The van der Waals surface area contributed by atoms with Crippen molar-refractivity contribution in [2.45, 2.75) is 38.0 Å². The lowest BCUT2D eigenvalue weighted by molar-refractivity contribution is -0.124. The normalized spacial score (nSPS) is 28.0. The Morgan fingerprint density at radius 2 is 2.21 bits per heavy atom. The van der Waals surface area contributed by atoms with E-state index in [1.54, 1.807) is 18.2 Å². The van der Waals surface area contributed by atoms with Crippen molar-refractivity contribution in [3.05, 3.63) is 35.6 Å². The van der Waals surface area contributed by atoms with E-state index in [4.69, 9.17) is 4.74 Å². The first-order valence-corrected chi connectivity index (χ1v) is 8.65. The number of hydrogen-bond acceptors (Lipinski definition) is 4. The van der Waals surface area contributed by atoms with Gasteiger partial charge >= 0.3 is 0 Å². The van der Waals surface area contributed by atoms with E-state index in [9.17, 15) is 14.3 Å². The van der Waals surface area contributed by atoms with Crippen molar-refractivity contribution in [2.24, 2.45) is 5.92 Å². The molecule has 0 saturated carbocycles. The Bertz CT molecular complexity index is 569. The number of amides is 1. The smallest absolute Gasteiger partial charge is 0.234 e. The van der Waals surface area contributed by atoms with Crippen molar-refractivity contribution < 1.29 is 19.0 Å². The van der Waals surface area contributed by atoms with Crippen LogP contribution in [0.15, 0.2) is 24.3 Å². The highest BCUT2D eigenvalue weighted by Gasteiger charge is 2.38. The van der Waals surface area contributed by atoms with E-state index in [0.717, 1.165) is 19.4 Å². The summed E-state index contributed by atoms with van der Waals surface area (Å²) in [6.45, 7) is 2.48. The van der Waals surface area contributed by atoms with Gasteiger partial charge in [-0.2, -0.15) is 0 Å². The number of likely N-dealkylation sites (tertiary alicyclic amines) is 1. The minimum Gasteiger partial charge on any atom is -0.393 e. The number of nitrogens with one attached hydrogen (secondary N) is 1. The van der Waals surface area contributed by atoms with Crippen LogP contribution in [0.2, 0.25) is 0 Å². The molecule has 2 N–H and O–H groups in total. The molecular weight excluding hydrogens is 311 g/mol. The lowest BCUT2D eigenvalue weighted by Gasteiger charge is -2.36. The first kappa shape index (κ1) is 17.3. The van der Waals surface area contributed by atoms with Crippen LogP contribution in [-0.4, -0.2) is 54.4 Å². The summed E-state index contributed by atoms with van der Waals surface area (Å²) in [5.41, 5.74) is 0.486. The van der Waals surface area contributed by atoms with Gasteiger partial charge in [-0.1, -0.05) is 18.2 Å². The van der Waals surface area contributed by atoms with Crippen LogP contribution < -0.4 is 5.32 Å². The summed E-state index contributed by atoms with van der Waals surface area (Å²) in [6, 6.07) is 6.63. The van der Waals surface area contributed by atoms with Crippen molar-refractivity contribution in [2.75, 3.05) is 26.3 Å². The van der Waals surface area contributed by atoms with Gasteiger partial charge in [-0.15, -0.1) is 0 Å². The van der Waals surface area contributed by atoms with Crippen molar-refractivity contribution >= 4 is 5.91 Å². The summed E-state index contributed by atoms with van der Waals surface area (Å²) in [5.74, 6) is -0.351. The molecule has 0 spiro atoms. The SMILES string of the molecule is O=C(CN1CCCC1C1COCCC1O)NCc1ccccc1F. The minimum atomic E-state index is -0.356. The third kappa shape index (κ3) is 4.12. The van der Waals surface area contributed by atoms with Crippen LogP contribution in [0, 0.1) is 11.7 Å². The van der Waals surface area contributed by atoms with Gasteiger partial charge in [0.1, 0.15) is 5.82 Å². The molecule has 3 unspecified atom stereocenters. The van der Waals surface area contributed by atoms with Gasteiger partial charge in [0.2, 0.25) is 5.91 Å². The average molecular weight is 336 g/mol. The second kappa shape index (κ2) is 8.05. The molecule has 2 saturated heterocycles. The molecule has 0 aromatic heterocycles. The number of benzene rings is 1. The van der Waals surface area contributed by atoms with E-state index in [-0.39, 0.29) is 42.9 Å². The summed E-state index contributed by atoms with van der Waals surface area (Å²) >= 11 is 0. The van der Waals surface area contributed by atoms with E-state index in [1.165, 1.54) is 6.07 Å². The number of aliphatic hydroxyl groups is 1. The van der Waals surface area contributed by atoms with E-state index >= 15 is 0 Å².